The molecule has 0 aliphatic heterocycles. The second-order valence-corrected chi connectivity index (χ2v) is 2.40. The maximum atomic E-state index is 10.2. The molecule has 0 spiro atoms. The Labute approximate surface area is 77.8 Å². The average molecular weight is 191 g/mol. The van der Waals surface area contributed by atoms with Crippen LogP contribution >= 0.6 is 0 Å². The van der Waals surface area contributed by atoms with Crippen molar-refractivity contribution >= 4 is 6.03 Å². The van der Waals surface area contributed by atoms with Gasteiger partial charge in [0, 0.05) is 33.9 Å². The fraction of sp³-hybridized carbons (Fsp3) is 0.857. The van der Waals surface area contributed by atoms with Gasteiger partial charge in [0.15, 0.2) is 6.29 Å². The Morgan fingerprint density at radius 3 is 2.46 bits per heavy atom. The lowest BCUT2D eigenvalue weighted by Gasteiger charge is -2.13. The second kappa shape index (κ2) is 7.78. The largest absolute Gasteiger partial charge is 0.355 e. The summed E-state index contributed by atoms with van der Waals surface area (Å²) in [5.74, 6) is 0. The monoisotopic (exact) mass is 191 g/mol. The third-order valence-corrected chi connectivity index (χ3v) is 1.44. The van der Waals surface area contributed by atoms with Gasteiger partial charge >= 0.3 is 6.03 Å². The van der Waals surface area contributed by atoms with Crippen molar-refractivity contribution in [2.45, 2.75) is 6.29 Å². The molecule has 0 saturated heterocycles. The maximum Gasteiger partial charge on any atom is 0.312 e. The van der Waals surface area contributed by atoms with E-state index in [4.69, 9.17) is 15.2 Å². The number of amides is 2. The molecule has 4 N–H and O–H groups in total. The molecule has 0 fully saturated rings. The van der Waals surface area contributed by atoms with Crippen LogP contribution in [-0.2, 0) is 9.47 Å². The van der Waals surface area contributed by atoms with E-state index in [1.165, 1.54) is 0 Å². The molecule has 2 amide bonds. The Balaban J connectivity index is 3.19. The first-order valence-corrected chi connectivity index (χ1v) is 4.00. The summed E-state index contributed by atoms with van der Waals surface area (Å²) in [6.07, 6.45) is -0.256. The van der Waals surface area contributed by atoms with Crippen molar-refractivity contribution in [3.8, 4) is 0 Å². The zero-order valence-electron chi connectivity index (χ0n) is 8.00. The van der Waals surface area contributed by atoms with Crippen LogP contribution in [0.4, 0.5) is 4.79 Å². The van der Waals surface area contributed by atoms with Crippen molar-refractivity contribution in [1.82, 2.24) is 10.6 Å². The number of carbonyl (C=O) groups excluding carboxylic acids is 1. The number of nitrogens with two attached hydrogens (primary N) is 1. The van der Waals surface area contributed by atoms with E-state index in [2.05, 4.69) is 10.6 Å². The lowest BCUT2D eigenvalue weighted by atomic mass is 10.5. The van der Waals surface area contributed by atoms with Gasteiger partial charge in [0.05, 0.1) is 0 Å². The Hall–Kier alpha value is -0.850. The zero-order chi connectivity index (χ0) is 10.1. The van der Waals surface area contributed by atoms with Crippen molar-refractivity contribution in [3.63, 3.8) is 0 Å². The molecule has 0 aliphatic rings. The van der Waals surface area contributed by atoms with Crippen molar-refractivity contribution < 1.29 is 14.3 Å². The van der Waals surface area contributed by atoms with E-state index in [1.54, 1.807) is 14.2 Å². The van der Waals surface area contributed by atoms with Gasteiger partial charge in [-0.25, -0.2) is 4.79 Å². The van der Waals surface area contributed by atoms with Crippen molar-refractivity contribution in [3.05, 3.63) is 0 Å². The van der Waals surface area contributed by atoms with Gasteiger partial charge < -0.3 is 25.8 Å². The molecule has 0 rings (SSSR count). The molecule has 0 atom stereocenters. The first kappa shape index (κ1) is 12.2. The summed E-state index contributed by atoms with van der Waals surface area (Å²) in [6.45, 7) is 1.70. The Morgan fingerprint density at radius 2 is 2.00 bits per heavy atom. The van der Waals surface area contributed by atoms with Crippen LogP contribution in [0.3, 0.4) is 0 Å². The summed E-state index contributed by atoms with van der Waals surface area (Å²) >= 11 is 0. The standard InChI is InChI=1S/C7H17N3O3/c1-12-6(13-2)5-9-3-4-10-7(8)11/h6,9H,3-5H2,1-2H3,(H3,8,10,11). The highest BCUT2D eigenvalue weighted by Crippen LogP contribution is 1.86. The van der Waals surface area contributed by atoms with E-state index in [1.807, 2.05) is 0 Å². The van der Waals surface area contributed by atoms with Gasteiger partial charge in [0.1, 0.15) is 0 Å². The van der Waals surface area contributed by atoms with Crippen LogP contribution in [0.2, 0.25) is 0 Å². The van der Waals surface area contributed by atoms with E-state index in [-0.39, 0.29) is 6.29 Å². The normalized spacial score (nSPS) is 10.4. The van der Waals surface area contributed by atoms with E-state index in [0.29, 0.717) is 19.6 Å². The van der Waals surface area contributed by atoms with E-state index in [9.17, 15) is 4.79 Å². The number of hydrogen-bond donors (Lipinski definition) is 3. The quantitative estimate of drug-likeness (QED) is 0.351. The van der Waals surface area contributed by atoms with Crippen LogP contribution in [0.1, 0.15) is 0 Å². The molecule has 0 radical (unpaired) electrons. The number of hydrogen-bond acceptors (Lipinski definition) is 4. The summed E-state index contributed by atoms with van der Waals surface area (Å²) in [5, 5.41) is 5.47. The van der Waals surface area contributed by atoms with Crippen LogP contribution < -0.4 is 16.4 Å². The van der Waals surface area contributed by atoms with Gasteiger partial charge in [-0.3, -0.25) is 0 Å². The van der Waals surface area contributed by atoms with Gasteiger partial charge in [0.2, 0.25) is 0 Å². The van der Waals surface area contributed by atoms with E-state index < -0.39 is 6.03 Å². The number of ether oxygens (including phenoxy) is 2. The highest BCUT2D eigenvalue weighted by Gasteiger charge is 2.02. The molecule has 78 valence electrons. The molecule has 6 nitrogen and oxygen atoms in total. The molecule has 6 heteroatoms. The van der Waals surface area contributed by atoms with E-state index >= 15 is 0 Å². The highest BCUT2D eigenvalue weighted by atomic mass is 16.7. The molecule has 0 aromatic heterocycles. The smallest absolute Gasteiger partial charge is 0.312 e. The lowest BCUT2D eigenvalue weighted by molar-refractivity contribution is -0.0985. The fourth-order valence-electron chi connectivity index (χ4n) is 0.757. The fourth-order valence-corrected chi connectivity index (χ4v) is 0.757. The van der Waals surface area contributed by atoms with Gasteiger partial charge in [-0.05, 0) is 0 Å². The van der Waals surface area contributed by atoms with Gasteiger partial charge in [-0.1, -0.05) is 0 Å². The van der Waals surface area contributed by atoms with Crippen molar-refractivity contribution in [2.75, 3.05) is 33.9 Å². The molecule has 0 aromatic carbocycles. The molecular formula is C7H17N3O3. The number of nitrogens with one attached hydrogen (secondary N) is 2. The average Bonchev–Trinajstić information content (AvgIpc) is 2.11. The molecule has 0 heterocycles. The SMILES string of the molecule is COC(CNCCNC(N)=O)OC. The van der Waals surface area contributed by atoms with Crippen molar-refractivity contribution in [1.29, 1.82) is 0 Å². The summed E-state index contributed by atoms with van der Waals surface area (Å²) < 4.78 is 9.86. The summed E-state index contributed by atoms with van der Waals surface area (Å²) in [6, 6.07) is -0.517. The molecule has 0 aliphatic carbocycles. The predicted molar refractivity (Wildman–Crippen MR) is 48.3 cm³/mol. The summed E-state index contributed by atoms with van der Waals surface area (Å²) in [7, 11) is 3.13. The summed E-state index contributed by atoms with van der Waals surface area (Å²) in [4.78, 5) is 10.2. The third kappa shape index (κ3) is 7.51. The lowest BCUT2D eigenvalue weighted by Crippen LogP contribution is -2.38. The highest BCUT2D eigenvalue weighted by molar-refractivity contribution is 5.71. The second-order valence-electron chi connectivity index (χ2n) is 2.40. The minimum Gasteiger partial charge on any atom is -0.355 e. The number of urea groups is 1. The Kier molecular flexibility index (Phi) is 7.27. The van der Waals surface area contributed by atoms with Crippen LogP contribution in [0.15, 0.2) is 0 Å². The Bertz CT molecular complexity index is 139. The van der Waals surface area contributed by atoms with Crippen LogP contribution in [0.5, 0.6) is 0 Å². The maximum absolute atomic E-state index is 10.2. The van der Waals surface area contributed by atoms with E-state index in [0.717, 1.165) is 0 Å². The van der Waals surface area contributed by atoms with Gasteiger partial charge in [0.25, 0.3) is 0 Å². The number of carbonyl (C=O) groups is 1. The molecule has 0 bridgehead atoms. The Morgan fingerprint density at radius 1 is 1.38 bits per heavy atom. The van der Waals surface area contributed by atoms with Crippen LogP contribution in [-0.4, -0.2) is 46.2 Å². The van der Waals surface area contributed by atoms with Crippen molar-refractivity contribution in [2.24, 2.45) is 5.73 Å². The first-order chi connectivity index (χ1) is 6.20. The van der Waals surface area contributed by atoms with Gasteiger partial charge in [-0.2, -0.15) is 0 Å². The molecule has 0 unspecified atom stereocenters. The minimum atomic E-state index is -0.517. The molecule has 0 saturated carbocycles. The number of methoxy groups -OCH3 is 2. The van der Waals surface area contributed by atoms with Crippen LogP contribution in [0, 0.1) is 0 Å². The minimum absolute atomic E-state index is 0.256. The third-order valence-electron chi connectivity index (χ3n) is 1.44. The molecule has 0 aromatic rings. The van der Waals surface area contributed by atoms with Gasteiger partial charge in [-0.15, -0.1) is 0 Å². The molecule has 13 heavy (non-hydrogen) atoms. The first-order valence-electron chi connectivity index (χ1n) is 4.00. The number of primary amides is 1. The number of rotatable bonds is 7. The zero-order valence-corrected chi connectivity index (χ0v) is 8.00. The predicted octanol–water partition coefficient (Wildman–Crippen LogP) is -1.14. The summed E-state index contributed by atoms with van der Waals surface area (Å²) in [5.41, 5.74) is 4.86. The topological polar surface area (TPSA) is 85.6 Å². The van der Waals surface area contributed by atoms with Crippen LogP contribution in [0.25, 0.3) is 0 Å². The molecular weight excluding hydrogens is 174 g/mol.